The number of hydrogen-bond donors (Lipinski definition) is 0. The van der Waals surface area contributed by atoms with Crippen LogP contribution in [-0.4, -0.2) is 27.1 Å². The fourth-order valence-corrected chi connectivity index (χ4v) is 2.48. The van der Waals surface area contributed by atoms with Crippen LogP contribution in [0.5, 0.6) is 0 Å². The summed E-state index contributed by atoms with van der Waals surface area (Å²) in [6.07, 6.45) is 2.78. The molecule has 0 aliphatic carbocycles. The van der Waals surface area contributed by atoms with Crippen molar-refractivity contribution in [3.05, 3.63) is 53.3 Å². The maximum absolute atomic E-state index is 12.4. The number of aryl methyl sites for hydroxylation is 1. The van der Waals surface area contributed by atoms with Crippen LogP contribution in [0.3, 0.4) is 0 Å². The number of benzene rings is 1. The molecular weight excluding hydrogens is 238 g/mol. The molecule has 4 heteroatoms. The van der Waals surface area contributed by atoms with Gasteiger partial charge in [-0.3, -0.25) is 9.48 Å². The van der Waals surface area contributed by atoms with Crippen molar-refractivity contribution in [2.24, 2.45) is 0 Å². The van der Waals surface area contributed by atoms with Crippen LogP contribution in [0.4, 0.5) is 0 Å². The van der Waals surface area contributed by atoms with Crippen molar-refractivity contribution in [3.63, 3.8) is 0 Å². The average Bonchev–Trinajstić information content (AvgIpc) is 2.95. The van der Waals surface area contributed by atoms with Gasteiger partial charge in [0.05, 0.1) is 0 Å². The molecule has 0 bridgehead atoms. The largest absolute Gasteiger partial charge is 0.333 e. The molecule has 1 aromatic carbocycles. The lowest BCUT2D eigenvalue weighted by Crippen LogP contribution is -2.36. The highest BCUT2D eigenvalue weighted by Crippen LogP contribution is 2.19. The van der Waals surface area contributed by atoms with Crippen LogP contribution in [0.15, 0.2) is 36.5 Å². The highest BCUT2D eigenvalue weighted by atomic mass is 16.2. The van der Waals surface area contributed by atoms with E-state index in [0.717, 1.165) is 19.5 Å². The number of fused-ring (bicyclic) bond motifs is 1. The van der Waals surface area contributed by atoms with Gasteiger partial charge in [0, 0.05) is 25.8 Å². The molecule has 2 heterocycles. The maximum Gasteiger partial charge on any atom is 0.274 e. The summed E-state index contributed by atoms with van der Waals surface area (Å²) in [5.41, 5.74) is 3.14. The van der Waals surface area contributed by atoms with E-state index in [1.165, 1.54) is 11.1 Å². The van der Waals surface area contributed by atoms with Crippen LogP contribution in [0.2, 0.25) is 0 Å². The summed E-state index contributed by atoms with van der Waals surface area (Å²) in [5.74, 6) is 0.0294. The Hall–Kier alpha value is -2.10. The van der Waals surface area contributed by atoms with E-state index in [1.54, 1.807) is 10.7 Å². The molecule has 3 rings (SSSR count). The summed E-state index contributed by atoms with van der Waals surface area (Å²) in [5, 5.41) is 4.29. The number of aromatic nitrogens is 2. The first kappa shape index (κ1) is 12.0. The summed E-state index contributed by atoms with van der Waals surface area (Å²) in [6.45, 7) is 4.26. The fraction of sp³-hybridized carbons (Fsp3) is 0.333. The Bertz CT molecular complexity index is 603. The lowest BCUT2D eigenvalue weighted by atomic mass is 10.00. The van der Waals surface area contributed by atoms with Crippen molar-refractivity contribution in [2.75, 3.05) is 6.54 Å². The zero-order valence-corrected chi connectivity index (χ0v) is 11.0. The van der Waals surface area contributed by atoms with E-state index < -0.39 is 0 Å². The minimum atomic E-state index is 0.0294. The van der Waals surface area contributed by atoms with Gasteiger partial charge in [-0.05, 0) is 30.5 Å². The summed E-state index contributed by atoms with van der Waals surface area (Å²) in [4.78, 5) is 14.3. The van der Waals surface area contributed by atoms with E-state index in [9.17, 15) is 4.79 Å². The molecular formula is C15H17N3O. The Morgan fingerprint density at radius 3 is 2.79 bits per heavy atom. The van der Waals surface area contributed by atoms with E-state index in [1.807, 2.05) is 24.1 Å². The molecule has 19 heavy (non-hydrogen) atoms. The zero-order valence-electron chi connectivity index (χ0n) is 11.0. The molecule has 0 atom stereocenters. The SMILES string of the molecule is CCn1ccc(C(=O)N2CCc3ccccc3C2)n1. The third-order valence-corrected chi connectivity index (χ3v) is 3.60. The predicted molar refractivity (Wildman–Crippen MR) is 72.8 cm³/mol. The number of carbonyl (C=O) groups excluding carboxylic acids is 1. The molecule has 98 valence electrons. The van der Waals surface area contributed by atoms with Gasteiger partial charge in [-0.15, -0.1) is 0 Å². The number of carbonyl (C=O) groups is 1. The first-order valence-electron chi connectivity index (χ1n) is 6.67. The zero-order chi connectivity index (χ0) is 13.2. The van der Waals surface area contributed by atoms with E-state index in [4.69, 9.17) is 0 Å². The quantitative estimate of drug-likeness (QED) is 0.824. The highest BCUT2D eigenvalue weighted by molar-refractivity contribution is 5.92. The summed E-state index contributed by atoms with van der Waals surface area (Å²) in [6, 6.07) is 10.1. The molecule has 1 aromatic heterocycles. The van der Waals surface area contributed by atoms with E-state index in [0.29, 0.717) is 12.2 Å². The Morgan fingerprint density at radius 1 is 1.26 bits per heavy atom. The van der Waals surface area contributed by atoms with Crippen molar-refractivity contribution in [1.82, 2.24) is 14.7 Å². The highest BCUT2D eigenvalue weighted by Gasteiger charge is 2.22. The van der Waals surface area contributed by atoms with Crippen LogP contribution in [0.1, 0.15) is 28.5 Å². The number of amides is 1. The van der Waals surface area contributed by atoms with Crippen molar-refractivity contribution >= 4 is 5.91 Å². The molecule has 4 nitrogen and oxygen atoms in total. The normalized spacial score (nSPS) is 14.3. The first-order chi connectivity index (χ1) is 9.28. The molecule has 0 saturated heterocycles. The third-order valence-electron chi connectivity index (χ3n) is 3.60. The van der Waals surface area contributed by atoms with Crippen molar-refractivity contribution < 1.29 is 4.79 Å². The minimum Gasteiger partial charge on any atom is -0.333 e. The van der Waals surface area contributed by atoms with Gasteiger partial charge in [-0.2, -0.15) is 5.10 Å². The monoisotopic (exact) mass is 255 g/mol. The van der Waals surface area contributed by atoms with Gasteiger partial charge in [0.2, 0.25) is 0 Å². The van der Waals surface area contributed by atoms with Gasteiger partial charge in [0.15, 0.2) is 0 Å². The Balaban J connectivity index is 1.79. The molecule has 1 aliphatic heterocycles. The van der Waals surface area contributed by atoms with Crippen molar-refractivity contribution in [1.29, 1.82) is 0 Å². The molecule has 0 N–H and O–H groups in total. The smallest absolute Gasteiger partial charge is 0.274 e. The summed E-state index contributed by atoms with van der Waals surface area (Å²) in [7, 11) is 0. The summed E-state index contributed by atoms with van der Waals surface area (Å²) < 4.78 is 1.78. The van der Waals surface area contributed by atoms with Gasteiger partial charge >= 0.3 is 0 Å². The molecule has 0 unspecified atom stereocenters. The van der Waals surface area contributed by atoms with Crippen LogP contribution < -0.4 is 0 Å². The second-order valence-electron chi connectivity index (χ2n) is 4.80. The molecule has 2 aromatic rings. The average molecular weight is 255 g/mol. The molecule has 0 radical (unpaired) electrons. The fourth-order valence-electron chi connectivity index (χ4n) is 2.48. The van der Waals surface area contributed by atoms with Crippen LogP contribution in [-0.2, 0) is 19.5 Å². The number of nitrogens with zero attached hydrogens (tertiary/aromatic N) is 3. The molecule has 0 spiro atoms. The summed E-state index contributed by atoms with van der Waals surface area (Å²) >= 11 is 0. The maximum atomic E-state index is 12.4. The van der Waals surface area contributed by atoms with E-state index in [-0.39, 0.29) is 5.91 Å². The van der Waals surface area contributed by atoms with Crippen molar-refractivity contribution in [2.45, 2.75) is 26.4 Å². The second-order valence-corrected chi connectivity index (χ2v) is 4.80. The molecule has 0 fully saturated rings. The third kappa shape index (κ3) is 2.26. The standard InChI is InChI=1S/C15H17N3O/c1-2-18-10-8-14(16-18)15(19)17-9-7-12-5-3-4-6-13(12)11-17/h3-6,8,10H,2,7,9,11H2,1H3. The Morgan fingerprint density at radius 2 is 2.05 bits per heavy atom. The molecule has 0 saturated carbocycles. The Labute approximate surface area is 112 Å². The Kier molecular flexibility index (Phi) is 3.07. The van der Waals surface area contributed by atoms with E-state index in [2.05, 4.69) is 23.3 Å². The van der Waals surface area contributed by atoms with Crippen molar-refractivity contribution in [3.8, 4) is 0 Å². The van der Waals surface area contributed by atoms with Gasteiger partial charge in [-0.1, -0.05) is 24.3 Å². The molecule has 1 aliphatic rings. The first-order valence-corrected chi connectivity index (χ1v) is 6.67. The lowest BCUT2D eigenvalue weighted by molar-refractivity contribution is 0.0728. The van der Waals surface area contributed by atoms with E-state index >= 15 is 0 Å². The predicted octanol–water partition coefficient (Wildman–Crippen LogP) is 2.10. The van der Waals surface area contributed by atoms with Crippen LogP contribution in [0, 0.1) is 0 Å². The van der Waals surface area contributed by atoms with Gasteiger partial charge in [-0.25, -0.2) is 0 Å². The number of hydrogen-bond acceptors (Lipinski definition) is 2. The van der Waals surface area contributed by atoms with Crippen LogP contribution >= 0.6 is 0 Å². The van der Waals surface area contributed by atoms with Gasteiger partial charge in [0.25, 0.3) is 5.91 Å². The number of rotatable bonds is 2. The lowest BCUT2D eigenvalue weighted by Gasteiger charge is -2.28. The van der Waals surface area contributed by atoms with Gasteiger partial charge < -0.3 is 4.90 Å². The topological polar surface area (TPSA) is 38.1 Å². The van der Waals surface area contributed by atoms with Gasteiger partial charge in [0.1, 0.15) is 5.69 Å². The second kappa shape index (κ2) is 4.88. The molecule has 1 amide bonds. The minimum absolute atomic E-state index is 0.0294. The van der Waals surface area contributed by atoms with Crippen LogP contribution in [0.25, 0.3) is 0 Å².